The van der Waals surface area contributed by atoms with Crippen LogP contribution in [0.15, 0.2) is 59.8 Å². The molecule has 178 valence electrons. The smallest absolute Gasteiger partial charge is 0.338 e. The molecule has 0 fully saturated rings. The second kappa shape index (κ2) is 11.0. The number of halogens is 4. The Balaban J connectivity index is 1.64. The van der Waals surface area contributed by atoms with Gasteiger partial charge in [-0.05, 0) is 36.2 Å². The van der Waals surface area contributed by atoms with E-state index in [4.69, 9.17) is 0 Å². The van der Waals surface area contributed by atoms with Gasteiger partial charge in [-0.15, -0.1) is 0 Å². The van der Waals surface area contributed by atoms with E-state index >= 15 is 0 Å². The number of anilines is 3. The molecule has 3 rings (SSSR count). The van der Waals surface area contributed by atoms with Crippen LogP contribution in [0.2, 0.25) is 0 Å². The fourth-order valence-electron chi connectivity index (χ4n) is 2.68. The van der Waals surface area contributed by atoms with Crippen molar-refractivity contribution in [2.45, 2.75) is 24.7 Å². The second-order valence-corrected chi connectivity index (χ2v) is 7.81. The number of nitrogens with one attached hydrogen (secondary N) is 3. The van der Waals surface area contributed by atoms with Crippen molar-refractivity contribution in [3.63, 3.8) is 0 Å². The molecule has 0 saturated heterocycles. The number of aryl methyl sites for hydroxylation is 1. The molecule has 0 spiro atoms. The van der Waals surface area contributed by atoms with Gasteiger partial charge in [0.15, 0.2) is 10.9 Å². The van der Waals surface area contributed by atoms with E-state index in [2.05, 4.69) is 25.9 Å². The van der Waals surface area contributed by atoms with E-state index in [-0.39, 0.29) is 16.7 Å². The first-order valence-corrected chi connectivity index (χ1v) is 10.9. The van der Waals surface area contributed by atoms with Gasteiger partial charge in [0.2, 0.25) is 5.91 Å². The molecule has 12 heteroatoms. The predicted molar refractivity (Wildman–Crippen MR) is 120 cm³/mol. The van der Waals surface area contributed by atoms with E-state index in [1.807, 2.05) is 19.1 Å². The van der Waals surface area contributed by atoms with E-state index in [0.717, 1.165) is 18.1 Å². The summed E-state index contributed by atoms with van der Waals surface area (Å²) in [5.74, 6) is -2.18. The zero-order valence-corrected chi connectivity index (χ0v) is 18.6. The summed E-state index contributed by atoms with van der Waals surface area (Å²) in [6.07, 6.45) is -3.96. The molecule has 7 nitrogen and oxygen atoms in total. The normalized spacial score (nSPS) is 11.1. The minimum Gasteiger partial charge on any atom is -0.338 e. The zero-order chi connectivity index (χ0) is 24.7. The number of aromatic nitrogens is 2. The monoisotopic (exact) mass is 493 g/mol. The number of hydrogen-bond donors (Lipinski definition) is 3. The summed E-state index contributed by atoms with van der Waals surface area (Å²) >= 11 is 0.593. The molecule has 0 aliphatic carbocycles. The number of nitrogens with zero attached hydrogens (tertiary/aromatic N) is 2. The molecule has 1 aromatic heterocycles. The number of urea groups is 1. The zero-order valence-electron chi connectivity index (χ0n) is 17.7. The molecular formula is C22H19F4N5O2S. The summed E-state index contributed by atoms with van der Waals surface area (Å²) in [6, 6.07) is 12.2. The van der Waals surface area contributed by atoms with Gasteiger partial charge in [-0.2, -0.15) is 13.2 Å². The molecular weight excluding hydrogens is 474 g/mol. The SMILES string of the molecule is CCc1ccc(NC(=O)NC(=O)CSc2nc(Nc3ccccc3F)cc(C(F)(F)F)n2)cc1. The number of amides is 3. The first-order chi connectivity index (χ1) is 16.1. The second-order valence-electron chi connectivity index (χ2n) is 6.87. The molecule has 3 aromatic rings. The molecule has 1 heterocycles. The van der Waals surface area contributed by atoms with Crippen molar-refractivity contribution in [3.8, 4) is 0 Å². The van der Waals surface area contributed by atoms with Crippen LogP contribution >= 0.6 is 11.8 Å². The van der Waals surface area contributed by atoms with Gasteiger partial charge in [0.25, 0.3) is 0 Å². The number of alkyl halides is 3. The maximum atomic E-state index is 13.9. The van der Waals surface area contributed by atoms with Crippen molar-refractivity contribution < 1.29 is 27.2 Å². The lowest BCUT2D eigenvalue weighted by atomic mass is 10.1. The van der Waals surface area contributed by atoms with Crippen LogP contribution in [-0.4, -0.2) is 27.7 Å². The number of imide groups is 1. The highest BCUT2D eigenvalue weighted by Gasteiger charge is 2.34. The van der Waals surface area contributed by atoms with E-state index in [1.165, 1.54) is 18.2 Å². The van der Waals surface area contributed by atoms with Gasteiger partial charge in [-0.25, -0.2) is 19.2 Å². The lowest BCUT2D eigenvalue weighted by Gasteiger charge is -2.12. The largest absolute Gasteiger partial charge is 0.433 e. The highest BCUT2D eigenvalue weighted by atomic mass is 32.2. The molecule has 34 heavy (non-hydrogen) atoms. The molecule has 3 N–H and O–H groups in total. The van der Waals surface area contributed by atoms with Crippen LogP contribution in [0.5, 0.6) is 0 Å². The third-order valence-electron chi connectivity index (χ3n) is 4.34. The van der Waals surface area contributed by atoms with E-state index in [0.29, 0.717) is 23.5 Å². The van der Waals surface area contributed by atoms with Gasteiger partial charge in [-0.1, -0.05) is 43.0 Å². The Labute approximate surface area is 196 Å². The summed E-state index contributed by atoms with van der Waals surface area (Å²) in [7, 11) is 0. The van der Waals surface area contributed by atoms with Crippen LogP contribution in [0.3, 0.4) is 0 Å². The maximum Gasteiger partial charge on any atom is 0.433 e. The van der Waals surface area contributed by atoms with Crippen LogP contribution in [-0.2, 0) is 17.4 Å². The van der Waals surface area contributed by atoms with Gasteiger partial charge < -0.3 is 10.6 Å². The molecule has 2 aromatic carbocycles. The Morgan fingerprint density at radius 1 is 1.03 bits per heavy atom. The summed E-state index contributed by atoms with van der Waals surface area (Å²) < 4.78 is 53.6. The molecule has 3 amide bonds. The number of thioether (sulfide) groups is 1. The van der Waals surface area contributed by atoms with Crippen LogP contribution in [0.4, 0.5) is 39.5 Å². The van der Waals surface area contributed by atoms with Gasteiger partial charge in [-0.3, -0.25) is 10.1 Å². The minimum atomic E-state index is -4.79. The van der Waals surface area contributed by atoms with Crippen molar-refractivity contribution in [1.82, 2.24) is 15.3 Å². The van der Waals surface area contributed by atoms with Crippen molar-refractivity contribution in [2.24, 2.45) is 0 Å². The maximum absolute atomic E-state index is 13.9. The molecule has 0 bridgehead atoms. The quantitative estimate of drug-likeness (QED) is 0.232. The van der Waals surface area contributed by atoms with Gasteiger partial charge in [0.1, 0.15) is 11.6 Å². The number of hydrogen-bond acceptors (Lipinski definition) is 6. The molecule has 0 atom stereocenters. The highest BCUT2D eigenvalue weighted by molar-refractivity contribution is 7.99. The van der Waals surface area contributed by atoms with Crippen molar-refractivity contribution in [3.05, 3.63) is 71.7 Å². The van der Waals surface area contributed by atoms with Crippen LogP contribution in [0.1, 0.15) is 18.2 Å². The van der Waals surface area contributed by atoms with Crippen molar-refractivity contribution in [1.29, 1.82) is 0 Å². The summed E-state index contributed by atoms with van der Waals surface area (Å²) in [5, 5.41) is 6.67. The first-order valence-electron chi connectivity index (χ1n) is 9.94. The molecule has 0 unspecified atom stereocenters. The molecule has 0 aliphatic rings. The third-order valence-corrected chi connectivity index (χ3v) is 5.19. The van der Waals surface area contributed by atoms with E-state index in [1.54, 1.807) is 12.1 Å². The summed E-state index contributed by atoms with van der Waals surface area (Å²) in [5.41, 5.74) is 0.202. The number of benzene rings is 2. The molecule has 0 radical (unpaired) electrons. The fourth-order valence-corrected chi connectivity index (χ4v) is 3.34. The molecule has 0 aliphatic heterocycles. The Morgan fingerprint density at radius 3 is 2.38 bits per heavy atom. The highest BCUT2D eigenvalue weighted by Crippen LogP contribution is 2.31. The van der Waals surface area contributed by atoms with Crippen LogP contribution in [0.25, 0.3) is 0 Å². The van der Waals surface area contributed by atoms with Gasteiger partial charge in [0, 0.05) is 11.8 Å². The first kappa shape index (κ1) is 25.0. The Morgan fingerprint density at radius 2 is 1.74 bits per heavy atom. The number of carbonyl (C=O) groups is 2. The number of para-hydroxylation sites is 1. The lowest BCUT2D eigenvalue weighted by molar-refractivity contribution is -0.141. The number of rotatable bonds is 7. The topological polar surface area (TPSA) is 96.0 Å². The Hall–Kier alpha value is -3.67. The van der Waals surface area contributed by atoms with Crippen molar-refractivity contribution >= 4 is 40.9 Å². The summed E-state index contributed by atoms with van der Waals surface area (Å²) in [6.45, 7) is 1.98. The fraction of sp³-hybridized carbons (Fsp3) is 0.182. The average Bonchev–Trinajstić information content (AvgIpc) is 2.79. The van der Waals surface area contributed by atoms with E-state index in [9.17, 15) is 27.2 Å². The number of carbonyl (C=O) groups excluding carboxylic acids is 2. The van der Waals surface area contributed by atoms with Gasteiger partial charge in [0.05, 0.1) is 11.4 Å². The molecule has 0 saturated carbocycles. The van der Waals surface area contributed by atoms with Crippen LogP contribution in [0, 0.1) is 5.82 Å². The average molecular weight is 493 g/mol. The Kier molecular flexibility index (Phi) is 8.05. The standard InChI is InChI=1S/C22H19F4N5O2S/c1-2-13-7-9-14(10-8-13)27-20(33)31-19(32)12-34-21-29-17(22(24,25)26)11-18(30-21)28-16-6-4-3-5-15(16)23/h3-11H,2,12H2,1H3,(H,28,29,30)(H2,27,31,32,33). The van der Waals surface area contributed by atoms with Crippen molar-refractivity contribution in [2.75, 3.05) is 16.4 Å². The van der Waals surface area contributed by atoms with Gasteiger partial charge >= 0.3 is 12.2 Å². The lowest BCUT2D eigenvalue weighted by Crippen LogP contribution is -2.35. The predicted octanol–water partition coefficient (Wildman–Crippen LogP) is 5.38. The third kappa shape index (κ3) is 7.17. The minimum absolute atomic E-state index is 0.0772. The Bertz CT molecular complexity index is 1170. The summed E-state index contributed by atoms with van der Waals surface area (Å²) in [4.78, 5) is 31.4. The van der Waals surface area contributed by atoms with E-state index < -0.39 is 35.4 Å². The van der Waals surface area contributed by atoms with Crippen LogP contribution < -0.4 is 16.0 Å².